The fourth-order valence-electron chi connectivity index (χ4n) is 1.19. The molecule has 4 nitrogen and oxygen atoms in total. The van der Waals surface area contributed by atoms with Gasteiger partial charge in [0.15, 0.2) is 6.10 Å². The Morgan fingerprint density at radius 1 is 1.62 bits per heavy atom. The predicted molar refractivity (Wildman–Crippen MR) is 50.8 cm³/mol. The summed E-state index contributed by atoms with van der Waals surface area (Å²) in [6, 6.07) is 0.0793. The summed E-state index contributed by atoms with van der Waals surface area (Å²) in [7, 11) is 0. The first kappa shape index (κ1) is 12.7. The van der Waals surface area contributed by atoms with Crippen LogP contribution in [0.5, 0.6) is 0 Å². The molecule has 5 heteroatoms. The average molecular weight is 210 g/mol. The van der Waals surface area contributed by atoms with Crippen molar-refractivity contribution in [2.45, 2.75) is 31.9 Å². The molecule has 0 spiro atoms. The minimum absolute atomic E-state index is 0. The maximum Gasteiger partial charge on any atom is 0.335 e. The quantitative estimate of drug-likeness (QED) is 0.672. The Morgan fingerprint density at radius 3 is 2.77 bits per heavy atom. The Labute approximate surface area is 84.2 Å². The zero-order chi connectivity index (χ0) is 8.97. The van der Waals surface area contributed by atoms with Crippen LogP contribution in [-0.4, -0.2) is 31.3 Å². The molecule has 0 bridgehead atoms. The van der Waals surface area contributed by atoms with Crippen molar-refractivity contribution in [1.82, 2.24) is 0 Å². The lowest BCUT2D eigenvalue weighted by molar-refractivity contribution is -0.159. The lowest BCUT2D eigenvalue weighted by atomic mass is 10.1. The lowest BCUT2D eigenvalue weighted by Crippen LogP contribution is -2.39. The normalized spacial score (nSPS) is 27.5. The minimum atomic E-state index is -0.384. The van der Waals surface area contributed by atoms with Crippen molar-refractivity contribution in [3.63, 3.8) is 0 Å². The summed E-state index contributed by atoms with van der Waals surface area (Å²) < 4.78 is 10.0. The van der Waals surface area contributed by atoms with Gasteiger partial charge in [-0.15, -0.1) is 12.4 Å². The predicted octanol–water partition coefficient (Wildman–Crippen LogP) is 0.478. The molecule has 2 atom stereocenters. The van der Waals surface area contributed by atoms with Crippen LogP contribution in [0.4, 0.5) is 0 Å². The number of esters is 1. The molecular formula is C8H16ClNO3. The van der Waals surface area contributed by atoms with Crippen LogP contribution in [-0.2, 0) is 14.3 Å². The maximum atomic E-state index is 11.1. The van der Waals surface area contributed by atoms with Crippen LogP contribution in [0.25, 0.3) is 0 Å². The topological polar surface area (TPSA) is 61.5 Å². The van der Waals surface area contributed by atoms with E-state index in [1.54, 1.807) is 6.92 Å². The van der Waals surface area contributed by atoms with Crippen LogP contribution >= 0.6 is 12.4 Å². The van der Waals surface area contributed by atoms with Gasteiger partial charge in [-0.1, -0.05) is 0 Å². The first-order valence-electron chi connectivity index (χ1n) is 4.28. The van der Waals surface area contributed by atoms with E-state index in [-0.39, 0.29) is 30.5 Å². The van der Waals surface area contributed by atoms with Gasteiger partial charge in [-0.25, -0.2) is 4.79 Å². The summed E-state index contributed by atoms with van der Waals surface area (Å²) in [6.07, 6.45) is 1.13. The van der Waals surface area contributed by atoms with Crippen LogP contribution in [0.1, 0.15) is 19.8 Å². The molecule has 1 aliphatic rings. The van der Waals surface area contributed by atoms with Crippen LogP contribution < -0.4 is 5.73 Å². The Morgan fingerprint density at radius 2 is 2.31 bits per heavy atom. The first-order chi connectivity index (χ1) is 5.74. The molecule has 78 valence electrons. The van der Waals surface area contributed by atoms with Gasteiger partial charge in [-0.2, -0.15) is 0 Å². The maximum absolute atomic E-state index is 11.1. The molecule has 0 aliphatic carbocycles. The Bertz CT molecular complexity index is 157. The van der Waals surface area contributed by atoms with Crippen molar-refractivity contribution in [2.75, 3.05) is 13.2 Å². The number of halogens is 1. The van der Waals surface area contributed by atoms with Gasteiger partial charge in [0.1, 0.15) is 0 Å². The van der Waals surface area contributed by atoms with Crippen molar-refractivity contribution in [1.29, 1.82) is 0 Å². The minimum Gasteiger partial charge on any atom is -0.464 e. The highest BCUT2D eigenvalue weighted by molar-refractivity contribution is 5.85. The summed E-state index contributed by atoms with van der Waals surface area (Å²) in [6.45, 7) is 2.65. The second kappa shape index (κ2) is 6.18. The van der Waals surface area contributed by atoms with Crippen molar-refractivity contribution < 1.29 is 14.3 Å². The van der Waals surface area contributed by atoms with Crippen LogP contribution in [0, 0.1) is 0 Å². The van der Waals surface area contributed by atoms with Gasteiger partial charge in [0.2, 0.25) is 0 Å². The Balaban J connectivity index is 0.00000144. The number of carbonyl (C=O) groups is 1. The van der Waals surface area contributed by atoms with E-state index in [9.17, 15) is 4.79 Å². The van der Waals surface area contributed by atoms with Crippen LogP contribution in [0.2, 0.25) is 0 Å². The van der Waals surface area contributed by atoms with Gasteiger partial charge >= 0.3 is 5.97 Å². The van der Waals surface area contributed by atoms with E-state index in [0.29, 0.717) is 19.6 Å². The number of hydrogen-bond donors (Lipinski definition) is 1. The molecule has 0 saturated carbocycles. The largest absolute Gasteiger partial charge is 0.464 e. The van der Waals surface area contributed by atoms with E-state index in [1.165, 1.54) is 0 Å². The molecule has 1 aliphatic heterocycles. The number of hydrogen-bond acceptors (Lipinski definition) is 4. The standard InChI is InChI=1S/C8H15NO3.ClH/c1-2-11-8(10)7-4-3-6(9)5-12-7;/h6-7H,2-5,9H2,1H3;1H/t6-,7-;/m0./s1. The van der Waals surface area contributed by atoms with E-state index in [1.807, 2.05) is 0 Å². The highest BCUT2D eigenvalue weighted by Gasteiger charge is 2.25. The number of rotatable bonds is 2. The summed E-state index contributed by atoms with van der Waals surface area (Å²) in [5, 5.41) is 0. The third kappa shape index (κ3) is 3.93. The van der Waals surface area contributed by atoms with Crippen molar-refractivity contribution in [3.8, 4) is 0 Å². The number of ether oxygens (including phenoxy) is 2. The molecule has 0 amide bonds. The highest BCUT2D eigenvalue weighted by Crippen LogP contribution is 2.13. The molecule has 0 aromatic heterocycles. The molecule has 1 saturated heterocycles. The highest BCUT2D eigenvalue weighted by atomic mass is 35.5. The Hall–Kier alpha value is -0.320. The fourth-order valence-corrected chi connectivity index (χ4v) is 1.19. The monoisotopic (exact) mass is 209 g/mol. The number of carbonyl (C=O) groups excluding carboxylic acids is 1. The van der Waals surface area contributed by atoms with E-state index in [0.717, 1.165) is 6.42 Å². The average Bonchev–Trinajstić information content (AvgIpc) is 2.06. The molecule has 1 rings (SSSR count). The van der Waals surface area contributed by atoms with Gasteiger partial charge in [0.25, 0.3) is 0 Å². The molecule has 0 aromatic carbocycles. The van der Waals surface area contributed by atoms with E-state index >= 15 is 0 Å². The summed E-state index contributed by atoms with van der Waals surface area (Å²) >= 11 is 0. The first-order valence-corrected chi connectivity index (χ1v) is 4.28. The zero-order valence-electron chi connectivity index (χ0n) is 7.69. The van der Waals surface area contributed by atoms with Gasteiger partial charge in [0.05, 0.1) is 13.2 Å². The molecule has 0 aromatic rings. The van der Waals surface area contributed by atoms with Crippen molar-refractivity contribution in [2.24, 2.45) is 5.73 Å². The number of nitrogens with two attached hydrogens (primary N) is 1. The van der Waals surface area contributed by atoms with Crippen molar-refractivity contribution in [3.05, 3.63) is 0 Å². The molecule has 0 unspecified atom stereocenters. The summed E-state index contributed by atoms with van der Waals surface area (Å²) in [5.41, 5.74) is 5.59. The van der Waals surface area contributed by atoms with Gasteiger partial charge in [-0.05, 0) is 19.8 Å². The molecular weight excluding hydrogens is 194 g/mol. The van der Waals surface area contributed by atoms with Gasteiger partial charge < -0.3 is 15.2 Å². The fraction of sp³-hybridized carbons (Fsp3) is 0.875. The van der Waals surface area contributed by atoms with E-state index < -0.39 is 0 Å². The Kier molecular flexibility index (Phi) is 6.03. The molecule has 0 radical (unpaired) electrons. The van der Waals surface area contributed by atoms with Gasteiger partial charge in [0, 0.05) is 6.04 Å². The molecule has 1 heterocycles. The molecule has 13 heavy (non-hydrogen) atoms. The third-order valence-corrected chi connectivity index (χ3v) is 1.86. The SMILES string of the molecule is CCOC(=O)[C@@H]1CC[C@H](N)CO1.Cl. The second-order valence-corrected chi connectivity index (χ2v) is 2.91. The molecule has 1 fully saturated rings. The van der Waals surface area contributed by atoms with E-state index in [2.05, 4.69) is 0 Å². The van der Waals surface area contributed by atoms with Crippen molar-refractivity contribution >= 4 is 18.4 Å². The third-order valence-electron chi connectivity index (χ3n) is 1.86. The summed E-state index contributed by atoms with van der Waals surface area (Å²) in [4.78, 5) is 11.1. The smallest absolute Gasteiger partial charge is 0.335 e. The summed E-state index contributed by atoms with van der Waals surface area (Å²) in [5.74, 6) is -0.260. The van der Waals surface area contributed by atoms with Gasteiger partial charge in [-0.3, -0.25) is 0 Å². The van der Waals surface area contributed by atoms with Crippen LogP contribution in [0.3, 0.4) is 0 Å². The molecule has 2 N–H and O–H groups in total. The second-order valence-electron chi connectivity index (χ2n) is 2.91. The zero-order valence-corrected chi connectivity index (χ0v) is 8.51. The lowest BCUT2D eigenvalue weighted by Gasteiger charge is -2.24. The van der Waals surface area contributed by atoms with E-state index in [4.69, 9.17) is 15.2 Å². The van der Waals surface area contributed by atoms with Crippen LogP contribution in [0.15, 0.2) is 0 Å².